The van der Waals surface area contributed by atoms with Gasteiger partial charge >= 0.3 is 6.18 Å². The van der Waals surface area contributed by atoms with E-state index in [-0.39, 0.29) is 24.4 Å². The zero-order valence-corrected chi connectivity index (χ0v) is 17.9. The van der Waals surface area contributed by atoms with Gasteiger partial charge < -0.3 is 9.64 Å². The summed E-state index contributed by atoms with van der Waals surface area (Å²) in [7, 11) is 0. The number of rotatable bonds is 5. The maximum Gasteiger partial charge on any atom is 0.417 e. The van der Waals surface area contributed by atoms with E-state index in [1.54, 1.807) is 28.0 Å². The number of fused-ring (bicyclic) bond motifs is 1. The van der Waals surface area contributed by atoms with E-state index < -0.39 is 11.7 Å². The minimum Gasteiger partial charge on any atom is -0.475 e. The second-order valence-electron chi connectivity index (χ2n) is 8.57. The summed E-state index contributed by atoms with van der Waals surface area (Å²) in [5, 5.41) is 4.24. The van der Waals surface area contributed by atoms with Crippen LogP contribution in [0, 0.1) is 18.8 Å². The molecule has 0 aromatic carbocycles. The number of carbonyl (C=O) groups excluding carboxylic acids is 1. The molecule has 1 amide bonds. The predicted octanol–water partition coefficient (Wildman–Crippen LogP) is 3.92. The molecule has 7 nitrogen and oxygen atoms in total. The zero-order valence-electron chi connectivity index (χ0n) is 17.9. The van der Waals surface area contributed by atoms with Crippen LogP contribution in [0.25, 0.3) is 5.69 Å². The number of ether oxygens (including phenoxy) is 1. The molecular weight excluding hydrogens is 435 g/mol. The molecular formula is C23H22F3N5O2. The Bertz CT molecular complexity index is 1150. The van der Waals surface area contributed by atoms with Crippen LogP contribution in [0.4, 0.5) is 13.2 Å². The molecule has 1 saturated carbocycles. The fourth-order valence-corrected chi connectivity index (χ4v) is 4.36. The van der Waals surface area contributed by atoms with Crippen LogP contribution >= 0.6 is 0 Å². The molecule has 2 fully saturated rings. The van der Waals surface area contributed by atoms with Crippen molar-refractivity contribution in [2.24, 2.45) is 11.8 Å². The number of aryl methyl sites for hydroxylation is 1. The monoisotopic (exact) mass is 457 g/mol. The van der Waals surface area contributed by atoms with Crippen LogP contribution in [0.2, 0.25) is 0 Å². The highest BCUT2D eigenvalue weighted by Crippen LogP contribution is 2.47. The van der Waals surface area contributed by atoms with Gasteiger partial charge in [-0.15, -0.1) is 0 Å². The van der Waals surface area contributed by atoms with Crippen LogP contribution in [-0.2, 0) is 6.18 Å². The molecule has 1 saturated heterocycles. The van der Waals surface area contributed by atoms with Crippen molar-refractivity contribution < 1.29 is 22.7 Å². The van der Waals surface area contributed by atoms with Gasteiger partial charge in [-0.2, -0.15) is 18.3 Å². The van der Waals surface area contributed by atoms with Crippen molar-refractivity contribution in [1.82, 2.24) is 24.6 Å². The summed E-state index contributed by atoms with van der Waals surface area (Å²) in [6, 6.07) is 7.35. The first-order valence-corrected chi connectivity index (χ1v) is 10.7. The highest BCUT2D eigenvalue weighted by Gasteiger charge is 2.48. The normalized spacial score (nSPS) is 22.1. The molecule has 3 aromatic rings. The van der Waals surface area contributed by atoms with E-state index >= 15 is 0 Å². The minimum atomic E-state index is -4.45. The Kier molecular flexibility index (Phi) is 5.30. The summed E-state index contributed by atoms with van der Waals surface area (Å²) in [6.07, 6.45) is 1.53. The fourth-order valence-electron chi connectivity index (χ4n) is 4.36. The van der Waals surface area contributed by atoms with Gasteiger partial charge in [-0.3, -0.25) is 4.79 Å². The maximum atomic E-state index is 13.6. The predicted molar refractivity (Wildman–Crippen MR) is 112 cm³/mol. The van der Waals surface area contributed by atoms with Crippen LogP contribution in [0.1, 0.15) is 34.6 Å². The first-order valence-electron chi connectivity index (χ1n) is 10.7. The third-order valence-corrected chi connectivity index (χ3v) is 6.23. The molecule has 0 radical (unpaired) electrons. The molecule has 4 heterocycles. The molecule has 0 spiro atoms. The molecule has 172 valence electrons. The Balaban J connectivity index is 1.36. The van der Waals surface area contributed by atoms with Crippen LogP contribution < -0.4 is 4.74 Å². The van der Waals surface area contributed by atoms with E-state index in [2.05, 4.69) is 15.1 Å². The standard InChI is InChI=1S/C23H22F3N5O2/c1-14-3-5-19(31-8-2-7-28-31)21(29-14)22(32)30-12-16-9-15(16)10-18(30)13-33-20-6-4-17(11-27-20)23(24,25)26/h2-8,11,15-16,18H,9-10,12-13H2,1H3/t15-,16+,18+/m1/s1. The van der Waals surface area contributed by atoms with Crippen LogP contribution in [-0.4, -0.2) is 49.7 Å². The summed E-state index contributed by atoms with van der Waals surface area (Å²) in [6.45, 7) is 2.58. The number of piperidine rings is 1. The first kappa shape index (κ1) is 21.4. The minimum absolute atomic E-state index is 0.0965. The van der Waals surface area contributed by atoms with E-state index in [4.69, 9.17) is 4.74 Å². The third kappa shape index (κ3) is 4.42. The van der Waals surface area contributed by atoms with E-state index in [0.29, 0.717) is 29.8 Å². The lowest BCUT2D eigenvalue weighted by Crippen LogP contribution is -2.48. The first-order chi connectivity index (χ1) is 15.8. The lowest BCUT2D eigenvalue weighted by Gasteiger charge is -2.35. The number of pyridine rings is 2. The van der Waals surface area contributed by atoms with Crippen LogP contribution in [0.5, 0.6) is 5.88 Å². The van der Waals surface area contributed by atoms with Gasteiger partial charge in [0, 0.05) is 36.9 Å². The molecule has 3 aromatic heterocycles. The summed E-state index contributed by atoms with van der Waals surface area (Å²) in [5.74, 6) is 0.898. The van der Waals surface area contributed by atoms with E-state index in [1.807, 2.05) is 19.1 Å². The number of hydrogen-bond donors (Lipinski definition) is 0. The summed E-state index contributed by atoms with van der Waals surface area (Å²) < 4.78 is 45.6. The van der Waals surface area contributed by atoms with Gasteiger partial charge in [-0.05, 0) is 55.9 Å². The molecule has 2 aliphatic rings. The summed E-state index contributed by atoms with van der Waals surface area (Å²) >= 11 is 0. The number of hydrogen-bond acceptors (Lipinski definition) is 5. The molecule has 5 rings (SSSR count). The number of alkyl halides is 3. The summed E-state index contributed by atoms with van der Waals surface area (Å²) in [5.41, 5.74) is 0.798. The van der Waals surface area contributed by atoms with Crippen LogP contribution in [0.15, 0.2) is 48.9 Å². The van der Waals surface area contributed by atoms with Gasteiger partial charge in [0.05, 0.1) is 17.3 Å². The van der Waals surface area contributed by atoms with Crippen LogP contribution in [0.3, 0.4) is 0 Å². The Morgan fingerprint density at radius 3 is 2.73 bits per heavy atom. The van der Waals surface area contributed by atoms with Gasteiger partial charge in [-0.1, -0.05) is 0 Å². The third-order valence-electron chi connectivity index (χ3n) is 6.23. The Morgan fingerprint density at radius 1 is 1.18 bits per heavy atom. The number of aromatic nitrogens is 4. The van der Waals surface area contributed by atoms with Crippen molar-refractivity contribution in [2.75, 3.05) is 13.2 Å². The largest absolute Gasteiger partial charge is 0.475 e. The average Bonchev–Trinajstić information content (AvgIpc) is 3.34. The SMILES string of the molecule is Cc1ccc(-n2cccn2)c(C(=O)N2C[C@@H]3C[C@@H]3C[C@H]2COc2ccc(C(F)(F)F)cn2)n1. The molecule has 3 atom stereocenters. The van der Waals surface area contributed by atoms with Gasteiger partial charge in [0.25, 0.3) is 5.91 Å². The number of carbonyl (C=O) groups is 1. The number of halogens is 3. The maximum absolute atomic E-state index is 13.6. The second kappa shape index (κ2) is 8.17. The Morgan fingerprint density at radius 2 is 2.03 bits per heavy atom. The highest BCUT2D eigenvalue weighted by molar-refractivity contribution is 5.96. The van der Waals surface area contributed by atoms with E-state index in [0.717, 1.165) is 30.8 Å². The number of amides is 1. The number of likely N-dealkylation sites (tertiary alicyclic amines) is 1. The lowest BCUT2D eigenvalue weighted by atomic mass is 10.0. The Hall–Kier alpha value is -3.43. The molecule has 10 heteroatoms. The van der Waals surface area contributed by atoms with Crippen molar-refractivity contribution in [3.05, 3.63) is 65.9 Å². The smallest absolute Gasteiger partial charge is 0.417 e. The molecule has 0 unspecified atom stereocenters. The van der Waals surface area contributed by atoms with Crippen molar-refractivity contribution in [1.29, 1.82) is 0 Å². The molecule has 0 bridgehead atoms. The van der Waals surface area contributed by atoms with Crippen molar-refractivity contribution in [3.8, 4) is 11.6 Å². The van der Waals surface area contributed by atoms with Crippen molar-refractivity contribution >= 4 is 5.91 Å². The van der Waals surface area contributed by atoms with Gasteiger partial charge in [0.15, 0.2) is 5.69 Å². The quantitative estimate of drug-likeness (QED) is 0.581. The lowest BCUT2D eigenvalue weighted by molar-refractivity contribution is -0.137. The van der Waals surface area contributed by atoms with Gasteiger partial charge in [-0.25, -0.2) is 14.6 Å². The fraction of sp³-hybridized carbons (Fsp3) is 0.391. The van der Waals surface area contributed by atoms with E-state index in [9.17, 15) is 18.0 Å². The molecule has 1 aliphatic carbocycles. The number of nitrogens with zero attached hydrogens (tertiary/aromatic N) is 5. The zero-order chi connectivity index (χ0) is 23.2. The van der Waals surface area contributed by atoms with Gasteiger partial charge in [0.2, 0.25) is 5.88 Å². The second-order valence-corrected chi connectivity index (χ2v) is 8.57. The van der Waals surface area contributed by atoms with E-state index in [1.165, 1.54) is 6.07 Å². The molecule has 0 N–H and O–H groups in total. The van der Waals surface area contributed by atoms with Gasteiger partial charge in [0.1, 0.15) is 6.61 Å². The summed E-state index contributed by atoms with van der Waals surface area (Å²) in [4.78, 5) is 23.7. The van der Waals surface area contributed by atoms with Crippen molar-refractivity contribution in [3.63, 3.8) is 0 Å². The average molecular weight is 457 g/mol. The highest BCUT2D eigenvalue weighted by atomic mass is 19.4. The topological polar surface area (TPSA) is 73.1 Å². The van der Waals surface area contributed by atoms with Crippen molar-refractivity contribution in [2.45, 2.75) is 32.0 Å². The molecule has 33 heavy (non-hydrogen) atoms. The Labute approximate surface area is 188 Å². The molecule has 1 aliphatic heterocycles.